The Balaban J connectivity index is 1.74. The van der Waals surface area contributed by atoms with Crippen LogP contribution < -0.4 is 5.32 Å². The largest absolute Gasteiger partial charge is 0.348 e. The second-order valence-corrected chi connectivity index (χ2v) is 7.68. The zero-order valence-corrected chi connectivity index (χ0v) is 17.6. The molecule has 1 N–H and O–H groups in total. The van der Waals surface area contributed by atoms with Crippen molar-refractivity contribution in [1.29, 1.82) is 0 Å². The summed E-state index contributed by atoms with van der Waals surface area (Å²) in [5.74, 6) is -0.106. The smallest absolute Gasteiger partial charge is 0.253 e. The summed E-state index contributed by atoms with van der Waals surface area (Å²) in [5.41, 5.74) is 6.68. The lowest BCUT2D eigenvalue weighted by atomic mass is 10.1. The molecule has 0 unspecified atom stereocenters. The monoisotopic (exact) mass is 415 g/mol. The molecule has 2 aromatic carbocycles. The first-order valence-corrected chi connectivity index (χ1v) is 10.1. The van der Waals surface area contributed by atoms with Crippen LogP contribution in [0.15, 0.2) is 79.1 Å². The molecule has 0 atom stereocenters. The summed E-state index contributed by atoms with van der Waals surface area (Å²) < 4.78 is 2.12. The van der Waals surface area contributed by atoms with Crippen LogP contribution in [0.1, 0.15) is 27.2 Å². The minimum atomic E-state index is -0.106. The number of carbonyl (C=O) groups excluding carboxylic acids is 1. The number of rotatable bonds is 5. The van der Waals surface area contributed by atoms with Gasteiger partial charge in [0.25, 0.3) is 5.91 Å². The van der Waals surface area contributed by atoms with Gasteiger partial charge in [-0.25, -0.2) is 0 Å². The summed E-state index contributed by atoms with van der Waals surface area (Å²) in [6.45, 7) is 4.48. The summed E-state index contributed by atoms with van der Waals surface area (Å²) in [6.07, 6.45) is 3.44. The fraction of sp³-hybridized carbons (Fsp3) is 0.120. The van der Waals surface area contributed by atoms with Crippen molar-refractivity contribution in [2.24, 2.45) is 0 Å². The number of nitrogens with zero attached hydrogens (tertiary/aromatic N) is 2. The molecular formula is C25H22ClN3O. The first-order valence-electron chi connectivity index (χ1n) is 9.75. The number of amides is 1. The molecule has 0 spiro atoms. The number of carbonyl (C=O) groups is 1. The van der Waals surface area contributed by atoms with Crippen LogP contribution in [0, 0.1) is 13.8 Å². The van der Waals surface area contributed by atoms with Crippen molar-refractivity contribution in [3.63, 3.8) is 0 Å². The van der Waals surface area contributed by atoms with Gasteiger partial charge in [0.05, 0.1) is 11.3 Å². The molecule has 0 saturated heterocycles. The summed E-state index contributed by atoms with van der Waals surface area (Å²) in [6, 6.07) is 21.7. The van der Waals surface area contributed by atoms with Crippen molar-refractivity contribution in [3.05, 3.63) is 107 Å². The van der Waals surface area contributed by atoms with E-state index in [2.05, 4.69) is 46.1 Å². The minimum absolute atomic E-state index is 0.106. The summed E-state index contributed by atoms with van der Waals surface area (Å²) >= 11 is 6.08. The molecule has 0 aliphatic heterocycles. The van der Waals surface area contributed by atoms with Gasteiger partial charge in [0.2, 0.25) is 0 Å². The first-order chi connectivity index (χ1) is 14.5. The Morgan fingerprint density at radius 1 is 0.967 bits per heavy atom. The third kappa shape index (κ3) is 4.14. The highest BCUT2D eigenvalue weighted by Gasteiger charge is 2.19. The van der Waals surface area contributed by atoms with E-state index in [4.69, 9.17) is 11.6 Å². The van der Waals surface area contributed by atoms with Crippen LogP contribution in [0.3, 0.4) is 0 Å². The molecule has 0 radical (unpaired) electrons. The highest BCUT2D eigenvalue weighted by Crippen LogP contribution is 2.30. The van der Waals surface area contributed by atoms with Gasteiger partial charge in [-0.05, 0) is 67.4 Å². The van der Waals surface area contributed by atoms with Crippen LogP contribution in [-0.4, -0.2) is 15.5 Å². The fourth-order valence-corrected chi connectivity index (χ4v) is 3.60. The topological polar surface area (TPSA) is 46.9 Å². The van der Waals surface area contributed by atoms with Crippen molar-refractivity contribution >= 4 is 17.5 Å². The van der Waals surface area contributed by atoms with Gasteiger partial charge < -0.3 is 9.88 Å². The predicted octanol–water partition coefficient (Wildman–Crippen LogP) is 5.74. The average Bonchev–Trinajstić information content (AvgIpc) is 3.11. The van der Waals surface area contributed by atoms with E-state index in [0.29, 0.717) is 17.1 Å². The van der Waals surface area contributed by atoms with Gasteiger partial charge in [-0.1, -0.05) is 41.4 Å². The fourth-order valence-electron chi connectivity index (χ4n) is 3.47. The Hall–Kier alpha value is -3.37. The third-order valence-corrected chi connectivity index (χ3v) is 5.38. The zero-order chi connectivity index (χ0) is 21.1. The molecule has 30 heavy (non-hydrogen) atoms. The molecule has 0 saturated carbocycles. The van der Waals surface area contributed by atoms with Crippen molar-refractivity contribution in [3.8, 4) is 16.9 Å². The minimum Gasteiger partial charge on any atom is -0.348 e. The maximum atomic E-state index is 13.0. The van der Waals surface area contributed by atoms with Gasteiger partial charge in [0, 0.05) is 35.3 Å². The Morgan fingerprint density at radius 2 is 1.63 bits per heavy atom. The highest BCUT2D eigenvalue weighted by atomic mass is 35.5. The van der Waals surface area contributed by atoms with E-state index in [1.807, 2.05) is 49.4 Å². The maximum Gasteiger partial charge on any atom is 0.253 e. The van der Waals surface area contributed by atoms with Gasteiger partial charge in [0.15, 0.2) is 0 Å². The van der Waals surface area contributed by atoms with E-state index in [1.165, 1.54) is 5.56 Å². The molecule has 4 nitrogen and oxygen atoms in total. The number of hydrogen-bond donors (Lipinski definition) is 1. The molecule has 0 bridgehead atoms. The molecular weight excluding hydrogens is 394 g/mol. The predicted molar refractivity (Wildman–Crippen MR) is 121 cm³/mol. The summed E-state index contributed by atoms with van der Waals surface area (Å²) in [7, 11) is 0. The summed E-state index contributed by atoms with van der Waals surface area (Å²) in [5, 5.41) is 3.70. The quantitative estimate of drug-likeness (QED) is 0.451. The van der Waals surface area contributed by atoms with E-state index in [0.717, 1.165) is 28.2 Å². The molecule has 2 aromatic heterocycles. The van der Waals surface area contributed by atoms with E-state index >= 15 is 0 Å². The van der Waals surface area contributed by atoms with Crippen molar-refractivity contribution in [2.45, 2.75) is 20.4 Å². The molecule has 0 aliphatic rings. The van der Waals surface area contributed by atoms with Crippen molar-refractivity contribution in [2.75, 3.05) is 0 Å². The Labute approximate surface area is 181 Å². The average molecular weight is 416 g/mol. The van der Waals surface area contributed by atoms with Crippen molar-refractivity contribution < 1.29 is 4.79 Å². The van der Waals surface area contributed by atoms with Crippen LogP contribution in [-0.2, 0) is 6.54 Å². The summed E-state index contributed by atoms with van der Waals surface area (Å²) in [4.78, 5) is 17.0. The highest BCUT2D eigenvalue weighted by molar-refractivity contribution is 6.30. The molecule has 5 heteroatoms. The van der Waals surface area contributed by atoms with Crippen LogP contribution >= 0.6 is 11.6 Å². The Kier molecular flexibility index (Phi) is 5.68. The number of nitrogens with one attached hydrogen (secondary N) is 1. The first kappa shape index (κ1) is 19.9. The number of benzene rings is 2. The third-order valence-electron chi connectivity index (χ3n) is 5.13. The van der Waals surface area contributed by atoms with Gasteiger partial charge in [-0.2, -0.15) is 0 Å². The van der Waals surface area contributed by atoms with Gasteiger partial charge in [-0.3, -0.25) is 9.78 Å². The lowest BCUT2D eigenvalue weighted by Crippen LogP contribution is -2.23. The number of hydrogen-bond acceptors (Lipinski definition) is 2. The molecule has 0 fully saturated rings. The lowest BCUT2D eigenvalue weighted by molar-refractivity contribution is 0.0950. The zero-order valence-electron chi connectivity index (χ0n) is 16.9. The molecule has 4 rings (SSSR count). The van der Waals surface area contributed by atoms with Crippen molar-refractivity contribution in [1.82, 2.24) is 14.9 Å². The molecule has 0 aliphatic carbocycles. The van der Waals surface area contributed by atoms with E-state index in [1.54, 1.807) is 12.4 Å². The molecule has 150 valence electrons. The number of pyridine rings is 1. The molecule has 2 heterocycles. The normalized spacial score (nSPS) is 10.8. The second kappa shape index (κ2) is 8.56. The molecule has 4 aromatic rings. The molecule has 1 amide bonds. The second-order valence-electron chi connectivity index (χ2n) is 7.24. The Bertz CT molecular complexity index is 1160. The van der Waals surface area contributed by atoms with Crippen LogP contribution in [0.2, 0.25) is 5.02 Å². The standard InChI is InChI=1S/C25H22ClN3O/c1-17-3-9-22(10-4-17)29-18(2)23(15-24(29)20-5-7-21(26)8-6-20)25(30)28-16-19-11-13-27-14-12-19/h3-15H,16H2,1-2H3,(H,28,30). The number of aromatic nitrogens is 2. The lowest BCUT2D eigenvalue weighted by Gasteiger charge is -2.13. The van der Waals surface area contributed by atoms with Gasteiger partial charge >= 0.3 is 0 Å². The van der Waals surface area contributed by atoms with Crippen LogP contribution in [0.25, 0.3) is 16.9 Å². The Morgan fingerprint density at radius 3 is 2.30 bits per heavy atom. The number of aryl methyl sites for hydroxylation is 1. The maximum absolute atomic E-state index is 13.0. The van der Waals surface area contributed by atoms with Crippen LogP contribution in [0.4, 0.5) is 0 Å². The number of halogens is 1. The SMILES string of the molecule is Cc1ccc(-n2c(-c3ccc(Cl)cc3)cc(C(=O)NCc3ccncc3)c2C)cc1. The van der Waals surface area contributed by atoms with E-state index < -0.39 is 0 Å². The van der Waals surface area contributed by atoms with Gasteiger partial charge in [-0.15, -0.1) is 0 Å². The van der Waals surface area contributed by atoms with E-state index in [9.17, 15) is 4.79 Å². The van der Waals surface area contributed by atoms with Gasteiger partial charge in [0.1, 0.15) is 0 Å². The van der Waals surface area contributed by atoms with E-state index in [-0.39, 0.29) is 5.91 Å². The van der Waals surface area contributed by atoms with Crippen LogP contribution in [0.5, 0.6) is 0 Å².